The number of hydrogen-bond donors (Lipinski definition) is 1. The molecule has 7 heteroatoms. The Kier molecular flexibility index (Phi) is 5.47. The fourth-order valence-electron chi connectivity index (χ4n) is 4.00. The molecule has 0 unspecified atom stereocenters. The molecular weight excluding hydrogens is 368 g/mol. The van der Waals surface area contributed by atoms with Gasteiger partial charge in [0, 0.05) is 19.8 Å². The third-order valence-electron chi connectivity index (χ3n) is 5.56. The highest BCUT2D eigenvalue weighted by atomic mass is 16.5. The first kappa shape index (κ1) is 19.4. The van der Waals surface area contributed by atoms with Crippen LogP contribution in [0.4, 0.5) is 4.79 Å². The van der Waals surface area contributed by atoms with E-state index >= 15 is 0 Å². The van der Waals surface area contributed by atoms with Crippen LogP contribution in [0.1, 0.15) is 42.6 Å². The van der Waals surface area contributed by atoms with Gasteiger partial charge in [-0.25, -0.2) is 4.79 Å². The number of ether oxygens (including phenoxy) is 2. The lowest BCUT2D eigenvalue weighted by molar-refractivity contribution is 0.200. The van der Waals surface area contributed by atoms with Gasteiger partial charge in [-0.05, 0) is 61.9 Å². The van der Waals surface area contributed by atoms with Crippen molar-refractivity contribution < 1.29 is 14.3 Å². The molecule has 2 aliphatic rings. The van der Waals surface area contributed by atoms with E-state index in [0.29, 0.717) is 13.1 Å². The molecule has 1 aliphatic heterocycles. The molecule has 2 aromatic rings. The fourth-order valence-corrected chi connectivity index (χ4v) is 4.00. The van der Waals surface area contributed by atoms with Crippen LogP contribution in [0.2, 0.25) is 0 Å². The van der Waals surface area contributed by atoms with Gasteiger partial charge in [0.15, 0.2) is 11.5 Å². The molecule has 1 N–H and O–H groups in total. The molecule has 0 saturated heterocycles. The number of nitrogens with zero attached hydrogens (tertiary/aromatic N) is 3. The van der Waals surface area contributed by atoms with Gasteiger partial charge in [-0.2, -0.15) is 5.10 Å². The molecule has 1 aromatic heterocycles. The Morgan fingerprint density at radius 3 is 2.69 bits per heavy atom. The minimum Gasteiger partial charge on any atom is -0.493 e. The van der Waals surface area contributed by atoms with Gasteiger partial charge in [0.05, 0.1) is 31.1 Å². The standard InChI is InChI=1S/C22H28N4O3/c1-15-10-18(25(2)24-15)14-26-13-17(12-23-22(26)27)16-8-9-20(28-3)21(11-16)29-19-6-4-5-7-19/h8-11,13,19H,4-7,12,14H2,1-3H3,(H,23,27). The summed E-state index contributed by atoms with van der Waals surface area (Å²) in [5, 5.41) is 7.33. The minimum absolute atomic E-state index is 0.108. The molecule has 0 bridgehead atoms. The van der Waals surface area contributed by atoms with Gasteiger partial charge in [0.2, 0.25) is 0 Å². The third kappa shape index (κ3) is 4.23. The predicted octanol–water partition coefficient (Wildman–Crippen LogP) is 3.62. The molecule has 4 rings (SSSR count). The summed E-state index contributed by atoms with van der Waals surface area (Å²) in [4.78, 5) is 14.1. The van der Waals surface area contributed by atoms with Crippen molar-refractivity contribution in [3.8, 4) is 11.5 Å². The molecule has 1 fully saturated rings. The molecule has 1 aliphatic carbocycles. The first-order valence-electron chi connectivity index (χ1n) is 10.1. The summed E-state index contributed by atoms with van der Waals surface area (Å²) < 4.78 is 13.5. The Bertz CT molecular complexity index is 928. The number of carbonyl (C=O) groups excluding carboxylic acids is 1. The minimum atomic E-state index is -0.108. The van der Waals surface area contributed by atoms with E-state index in [4.69, 9.17) is 9.47 Å². The van der Waals surface area contributed by atoms with Crippen LogP contribution in [0.3, 0.4) is 0 Å². The molecule has 2 amide bonds. The fraction of sp³-hybridized carbons (Fsp3) is 0.455. The highest BCUT2D eigenvalue weighted by molar-refractivity contribution is 5.84. The highest BCUT2D eigenvalue weighted by Crippen LogP contribution is 2.34. The van der Waals surface area contributed by atoms with Gasteiger partial charge in [0.25, 0.3) is 0 Å². The van der Waals surface area contributed by atoms with Crippen LogP contribution in [-0.4, -0.2) is 40.5 Å². The maximum absolute atomic E-state index is 12.4. The number of carbonyl (C=O) groups is 1. The first-order chi connectivity index (χ1) is 14.0. The molecule has 29 heavy (non-hydrogen) atoms. The zero-order chi connectivity index (χ0) is 20.4. The van der Waals surface area contributed by atoms with Crippen LogP contribution in [-0.2, 0) is 13.6 Å². The van der Waals surface area contributed by atoms with Crippen molar-refractivity contribution in [3.63, 3.8) is 0 Å². The van der Waals surface area contributed by atoms with Crippen LogP contribution in [0.5, 0.6) is 11.5 Å². The Morgan fingerprint density at radius 2 is 2.00 bits per heavy atom. The summed E-state index contributed by atoms with van der Waals surface area (Å²) in [6.07, 6.45) is 6.78. The maximum Gasteiger partial charge on any atom is 0.322 e. The number of aryl methyl sites for hydroxylation is 2. The van der Waals surface area contributed by atoms with E-state index in [9.17, 15) is 4.79 Å². The molecule has 1 saturated carbocycles. The molecule has 7 nitrogen and oxygen atoms in total. The van der Waals surface area contributed by atoms with E-state index in [1.807, 2.05) is 49.1 Å². The van der Waals surface area contributed by atoms with Gasteiger partial charge in [-0.3, -0.25) is 9.58 Å². The Hall–Kier alpha value is -2.96. The second-order valence-corrected chi connectivity index (χ2v) is 7.73. The Balaban J connectivity index is 1.59. The van der Waals surface area contributed by atoms with Crippen molar-refractivity contribution in [2.45, 2.75) is 45.3 Å². The number of hydrogen-bond acceptors (Lipinski definition) is 4. The lowest BCUT2D eigenvalue weighted by atomic mass is 10.0. The number of aromatic nitrogens is 2. The molecule has 0 spiro atoms. The SMILES string of the molecule is COc1ccc(C2=CN(Cc3cc(C)nn3C)C(=O)NC2)cc1OC1CCCC1. The van der Waals surface area contributed by atoms with E-state index in [2.05, 4.69) is 10.4 Å². The molecule has 154 valence electrons. The second-order valence-electron chi connectivity index (χ2n) is 7.73. The maximum atomic E-state index is 12.4. The van der Waals surface area contributed by atoms with E-state index in [1.165, 1.54) is 12.8 Å². The van der Waals surface area contributed by atoms with E-state index < -0.39 is 0 Å². The number of urea groups is 1. The van der Waals surface area contributed by atoms with E-state index in [0.717, 1.165) is 46.9 Å². The van der Waals surface area contributed by atoms with Crippen LogP contribution in [0, 0.1) is 6.92 Å². The van der Waals surface area contributed by atoms with Crippen molar-refractivity contribution in [1.29, 1.82) is 0 Å². The zero-order valence-corrected chi connectivity index (χ0v) is 17.3. The van der Waals surface area contributed by atoms with Crippen molar-refractivity contribution in [3.05, 3.63) is 47.4 Å². The molecule has 2 heterocycles. The molecular formula is C22H28N4O3. The van der Waals surface area contributed by atoms with Crippen molar-refractivity contribution in [2.24, 2.45) is 7.05 Å². The number of amides is 2. The molecule has 0 radical (unpaired) electrons. The number of rotatable bonds is 6. The second kappa shape index (κ2) is 8.19. The quantitative estimate of drug-likeness (QED) is 0.810. The number of nitrogens with one attached hydrogen (secondary N) is 1. The monoisotopic (exact) mass is 396 g/mol. The summed E-state index contributed by atoms with van der Waals surface area (Å²) in [6.45, 7) is 2.90. The van der Waals surface area contributed by atoms with Gasteiger partial charge >= 0.3 is 6.03 Å². The summed E-state index contributed by atoms with van der Waals surface area (Å²) in [5.74, 6) is 1.51. The summed E-state index contributed by atoms with van der Waals surface area (Å²) in [5.41, 5.74) is 3.97. The summed E-state index contributed by atoms with van der Waals surface area (Å²) in [7, 11) is 3.55. The Morgan fingerprint density at radius 1 is 1.21 bits per heavy atom. The topological polar surface area (TPSA) is 68.6 Å². The lowest BCUT2D eigenvalue weighted by Gasteiger charge is -2.26. The number of methoxy groups -OCH3 is 1. The predicted molar refractivity (Wildman–Crippen MR) is 111 cm³/mol. The molecule has 0 atom stereocenters. The van der Waals surface area contributed by atoms with Gasteiger partial charge in [-0.1, -0.05) is 6.07 Å². The van der Waals surface area contributed by atoms with Gasteiger partial charge in [0.1, 0.15) is 0 Å². The van der Waals surface area contributed by atoms with Crippen molar-refractivity contribution in [1.82, 2.24) is 20.0 Å². The van der Waals surface area contributed by atoms with Crippen molar-refractivity contribution >= 4 is 11.6 Å². The molecule has 1 aromatic carbocycles. The van der Waals surface area contributed by atoms with Crippen LogP contribution >= 0.6 is 0 Å². The smallest absolute Gasteiger partial charge is 0.322 e. The largest absolute Gasteiger partial charge is 0.493 e. The number of benzene rings is 1. The van der Waals surface area contributed by atoms with Crippen LogP contribution < -0.4 is 14.8 Å². The zero-order valence-electron chi connectivity index (χ0n) is 17.3. The van der Waals surface area contributed by atoms with E-state index in [1.54, 1.807) is 12.0 Å². The first-order valence-corrected chi connectivity index (χ1v) is 10.1. The van der Waals surface area contributed by atoms with E-state index in [-0.39, 0.29) is 12.1 Å². The lowest BCUT2D eigenvalue weighted by Crippen LogP contribution is -2.41. The van der Waals surface area contributed by atoms with Crippen LogP contribution in [0.15, 0.2) is 30.5 Å². The average Bonchev–Trinajstić information content (AvgIpc) is 3.32. The highest BCUT2D eigenvalue weighted by Gasteiger charge is 2.22. The third-order valence-corrected chi connectivity index (χ3v) is 5.56. The Labute approximate surface area is 171 Å². The van der Waals surface area contributed by atoms with Crippen molar-refractivity contribution in [2.75, 3.05) is 13.7 Å². The normalized spacial score (nSPS) is 17.3. The summed E-state index contributed by atoms with van der Waals surface area (Å²) >= 11 is 0. The van der Waals surface area contributed by atoms with Crippen LogP contribution in [0.25, 0.3) is 5.57 Å². The average molecular weight is 396 g/mol. The van der Waals surface area contributed by atoms with Gasteiger partial charge < -0.3 is 14.8 Å². The van der Waals surface area contributed by atoms with Gasteiger partial charge in [-0.15, -0.1) is 0 Å². The summed E-state index contributed by atoms with van der Waals surface area (Å²) in [6, 6.07) is 7.86.